The van der Waals surface area contributed by atoms with Crippen molar-refractivity contribution >= 4 is 5.69 Å². The smallest absolute Gasteiger partial charge is 0.385 e. The summed E-state index contributed by atoms with van der Waals surface area (Å²) < 4.78 is 42.8. The minimum absolute atomic E-state index is 0.529. The van der Waals surface area contributed by atoms with Gasteiger partial charge >= 0.3 is 6.18 Å². The summed E-state index contributed by atoms with van der Waals surface area (Å²) in [6, 6.07) is 3.73. The van der Waals surface area contributed by atoms with Crippen molar-refractivity contribution in [1.82, 2.24) is 0 Å². The van der Waals surface area contributed by atoms with Crippen LogP contribution < -0.4 is 5.32 Å². The van der Waals surface area contributed by atoms with Gasteiger partial charge < -0.3 is 10.1 Å². The van der Waals surface area contributed by atoms with Crippen LogP contribution in [0.3, 0.4) is 0 Å². The number of rotatable bonds is 6. The van der Waals surface area contributed by atoms with E-state index < -0.39 is 11.7 Å². The summed E-state index contributed by atoms with van der Waals surface area (Å²) in [6.07, 6.45) is -3.53. The van der Waals surface area contributed by atoms with Gasteiger partial charge in [0, 0.05) is 25.4 Å². The van der Waals surface area contributed by atoms with Crippen LogP contribution in [0.15, 0.2) is 18.2 Å². The van der Waals surface area contributed by atoms with E-state index >= 15 is 0 Å². The molecule has 5 heteroatoms. The number of alkyl halides is 3. The van der Waals surface area contributed by atoms with Crippen molar-refractivity contribution in [2.24, 2.45) is 0 Å². The quantitative estimate of drug-likeness (QED) is 0.785. The number of ether oxygens (including phenoxy) is 1. The van der Waals surface area contributed by atoms with Gasteiger partial charge in [-0.05, 0) is 38.0 Å². The minimum atomic E-state index is -4.30. The van der Waals surface area contributed by atoms with Crippen molar-refractivity contribution in [3.63, 3.8) is 0 Å². The summed E-state index contributed by atoms with van der Waals surface area (Å²) in [4.78, 5) is 0. The Balaban J connectivity index is 2.59. The van der Waals surface area contributed by atoms with Crippen LogP contribution in [-0.2, 0) is 10.9 Å². The number of hydrogen-bond donors (Lipinski definition) is 1. The Hall–Kier alpha value is -1.23. The van der Waals surface area contributed by atoms with Crippen molar-refractivity contribution in [3.05, 3.63) is 29.3 Å². The Bertz CT molecular complexity index is 377. The molecule has 0 bridgehead atoms. The maximum absolute atomic E-state index is 12.5. The van der Waals surface area contributed by atoms with E-state index in [4.69, 9.17) is 4.74 Å². The topological polar surface area (TPSA) is 21.3 Å². The molecule has 0 spiro atoms. The molecule has 0 unspecified atom stereocenters. The lowest BCUT2D eigenvalue weighted by Crippen LogP contribution is -2.09. The second-order valence-electron chi connectivity index (χ2n) is 4.00. The van der Waals surface area contributed by atoms with Crippen LogP contribution in [0.4, 0.5) is 18.9 Å². The summed E-state index contributed by atoms with van der Waals surface area (Å²) in [5.74, 6) is 0. The maximum Gasteiger partial charge on any atom is 0.416 e. The first-order valence-electron chi connectivity index (χ1n) is 5.94. The van der Waals surface area contributed by atoms with Crippen molar-refractivity contribution in [2.45, 2.75) is 26.4 Å². The van der Waals surface area contributed by atoms with E-state index in [-0.39, 0.29) is 0 Å². The molecule has 0 atom stereocenters. The molecule has 0 aliphatic rings. The van der Waals surface area contributed by atoms with Crippen LogP contribution in [0.5, 0.6) is 0 Å². The summed E-state index contributed by atoms with van der Waals surface area (Å²) in [5.41, 5.74) is 0.709. The van der Waals surface area contributed by atoms with Gasteiger partial charge in [0.1, 0.15) is 0 Å². The first-order chi connectivity index (χ1) is 8.45. The normalized spacial score (nSPS) is 11.6. The third-order valence-electron chi connectivity index (χ3n) is 2.55. The van der Waals surface area contributed by atoms with E-state index in [0.29, 0.717) is 25.4 Å². The number of aryl methyl sites for hydroxylation is 1. The first kappa shape index (κ1) is 14.8. The first-order valence-corrected chi connectivity index (χ1v) is 5.94. The molecule has 1 aromatic carbocycles. The predicted octanol–water partition coefficient (Wildman–Crippen LogP) is 3.85. The van der Waals surface area contributed by atoms with Crippen LogP contribution in [0.1, 0.15) is 24.5 Å². The molecule has 1 rings (SSSR count). The fraction of sp³-hybridized carbons (Fsp3) is 0.538. The molecule has 1 N–H and O–H groups in total. The van der Waals surface area contributed by atoms with E-state index in [2.05, 4.69) is 5.32 Å². The van der Waals surface area contributed by atoms with Gasteiger partial charge in [0.05, 0.1) is 5.56 Å². The molecule has 0 amide bonds. The third-order valence-corrected chi connectivity index (χ3v) is 2.55. The van der Waals surface area contributed by atoms with E-state index in [1.807, 2.05) is 6.92 Å². The van der Waals surface area contributed by atoms with Crippen molar-refractivity contribution in [1.29, 1.82) is 0 Å². The zero-order chi connectivity index (χ0) is 13.6. The molecule has 0 fully saturated rings. The lowest BCUT2D eigenvalue weighted by molar-refractivity contribution is -0.137. The molecule has 0 saturated carbocycles. The highest BCUT2D eigenvalue weighted by atomic mass is 19.4. The number of benzene rings is 1. The van der Waals surface area contributed by atoms with E-state index in [1.54, 1.807) is 6.92 Å². The summed E-state index contributed by atoms with van der Waals surface area (Å²) in [7, 11) is 0. The van der Waals surface area contributed by atoms with Gasteiger partial charge in [-0.25, -0.2) is 0 Å². The highest BCUT2D eigenvalue weighted by molar-refractivity contribution is 5.53. The van der Waals surface area contributed by atoms with Crippen LogP contribution in [0, 0.1) is 6.92 Å². The van der Waals surface area contributed by atoms with Gasteiger partial charge in [-0.2, -0.15) is 13.2 Å². The third kappa shape index (κ3) is 4.56. The van der Waals surface area contributed by atoms with E-state index in [9.17, 15) is 13.2 Å². The molecule has 0 aliphatic heterocycles. The Labute approximate surface area is 105 Å². The highest BCUT2D eigenvalue weighted by Crippen LogP contribution is 2.31. The van der Waals surface area contributed by atoms with Gasteiger partial charge in [-0.3, -0.25) is 0 Å². The molecule has 18 heavy (non-hydrogen) atoms. The molecular weight excluding hydrogens is 243 g/mol. The van der Waals surface area contributed by atoms with Gasteiger partial charge in [-0.1, -0.05) is 6.07 Å². The molecule has 0 saturated heterocycles. The Morgan fingerprint density at radius 1 is 1.28 bits per heavy atom. The van der Waals surface area contributed by atoms with Crippen LogP contribution in [-0.4, -0.2) is 19.8 Å². The zero-order valence-corrected chi connectivity index (χ0v) is 10.6. The molecule has 102 valence electrons. The van der Waals surface area contributed by atoms with Crippen LogP contribution in [0.25, 0.3) is 0 Å². The SMILES string of the molecule is CCOCCCNc1cc(C(F)(F)F)ccc1C. The maximum atomic E-state index is 12.5. The molecule has 0 aromatic heterocycles. The molecule has 0 heterocycles. The van der Waals surface area contributed by atoms with Crippen molar-refractivity contribution < 1.29 is 17.9 Å². The second kappa shape index (κ2) is 6.64. The van der Waals surface area contributed by atoms with Gasteiger partial charge in [0.15, 0.2) is 0 Å². The Kier molecular flexibility index (Phi) is 5.47. The average molecular weight is 261 g/mol. The monoisotopic (exact) mass is 261 g/mol. The predicted molar refractivity (Wildman–Crippen MR) is 65.8 cm³/mol. The largest absolute Gasteiger partial charge is 0.416 e. The number of hydrogen-bond acceptors (Lipinski definition) is 2. The zero-order valence-electron chi connectivity index (χ0n) is 10.6. The van der Waals surface area contributed by atoms with E-state index in [1.165, 1.54) is 6.07 Å². The van der Waals surface area contributed by atoms with Crippen molar-refractivity contribution in [3.8, 4) is 0 Å². The van der Waals surface area contributed by atoms with Crippen LogP contribution in [0.2, 0.25) is 0 Å². The Morgan fingerprint density at radius 2 is 2.00 bits per heavy atom. The molecule has 1 aromatic rings. The lowest BCUT2D eigenvalue weighted by atomic mass is 10.1. The second-order valence-corrected chi connectivity index (χ2v) is 4.00. The highest BCUT2D eigenvalue weighted by Gasteiger charge is 2.30. The number of nitrogens with one attached hydrogen (secondary N) is 1. The average Bonchev–Trinajstić information content (AvgIpc) is 2.29. The van der Waals surface area contributed by atoms with E-state index in [0.717, 1.165) is 24.1 Å². The molecule has 0 radical (unpaired) electrons. The minimum Gasteiger partial charge on any atom is -0.385 e. The fourth-order valence-corrected chi connectivity index (χ4v) is 1.53. The van der Waals surface area contributed by atoms with Crippen molar-refractivity contribution in [2.75, 3.05) is 25.1 Å². The molecule has 2 nitrogen and oxygen atoms in total. The Morgan fingerprint density at radius 3 is 2.61 bits per heavy atom. The lowest BCUT2D eigenvalue weighted by Gasteiger charge is -2.13. The van der Waals surface area contributed by atoms with Gasteiger partial charge in [0.2, 0.25) is 0 Å². The summed E-state index contributed by atoms with van der Waals surface area (Å²) >= 11 is 0. The molecule has 0 aliphatic carbocycles. The number of anilines is 1. The molecular formula is C13H18F3NO. The standard InChI is InChI=1S/C13H18F3NO/c1-3-18-8-4-7-17-12-9-11(13(14,15)16)6-5-10(12)2/h5-6,9,17H,3-4,7-8H2,1-2H3. The van der Waals surface area contributed by atoms with Gasteiger partial charge in [0.25, 0.3) is 0 Å². The number of halogens is 3. The summed E-state index contributed by atoms with van der Waals surface area (Å²) in [5, 5.41) is 3.00. The van der Waals surface area contributed by atoms with Gasteiger partial charge in [-0.15, -0.1) is 0 Å². The fourth-order valence-electron chi connectivity index (χ4n) is 1.53. The summed E-state index contributed by atoms with van der Waals surface area (Å²) in [6.45, 7) is 5.56. The van der Waals surface area contributed by atoms with Crippen LogP contribution >= 0.6 is 0 Å².